The van der Waals surface area contributed by atoms with Crippen molar-refractivity contribution in [3.63, 3.8) is 0 Å². The van der Waals surface area contributed by atoms with Gasteiger partial charge in [-0.3, -0.25) is 0 Å². The molecule has 2 nitrogen and oxygen atoms in total. The summed E-state index contributed by atoms with van der Waals surface area (Å²) in [6.07, 6.45) is 11.5. The Morgan fingerprint density at radius 2 is 1.94 bits per heavy atom. The predicted octanol–water partition coefficient (Wildman–Crippen LogP) is 3.30. The van der Waals surface area contributed by atoms with Gasteiger partial charge in [0.2, 0.25) is 0 Å². The molecule has 0 aromatic rings. The highest BCUT2D eigenvalue weighted by Crippen LogP contribution is 2.31. The molecule has 1 unspecified atom stereocenters. The van der Waals surface area contributed by atoms with Gasteiger partial charge in [0.1, 0.15) is 0 Å². The van der Waals surface area contributed by atoms with Gasteiger partial charge < -0.3 is 10.6 Å². The highest BCUT2D eigenvalue weighted by molar-refractivity contribution is 4.74. The first-order valence-corrected chi connectivity index (χ1v) is 7.27. The minimum atomic E-state index is 0.668. The summed E-state index contributed by atoms with van der Waals surface area (Å²) in [5, 5.41) is 6.62. The van der Waals surface area contributed by atoms with Crippen molar-refractivity contribution >= 4 is 0 Å². The van der Waals surface area contributed by atoms with Crippen LogP contribution >= 0.6 is 0 Å². The van der Waals surface area contributed by atoms with E-state index >= 15 is 0 Å². The second kappa shape index (κ2) is 8.57. The number of rotatable bonds is 8. The van der Waals surface area contributed by atoms with Crippen molar-refractivity contribution in [2.24, 2.45) is 11.8 Å². The fraction of sp³-hybridized carbons (Fsp3) is 0.867. The summed E-state index contributed by atoms with van der Waals surface area (Å²) in [6.45, 7) is 7.11. The van der Waals surface area contributed by atoms with Gasteiger partial charge in [-0.15, -0.1) is 0 Å². The summed E-state index contributed by atoms with van der Waals surface area (Å²) in [4.78, 5) is 0. The van der Waals surface area contributed by atoms with Crippen LogP contribution in [-0.4, -0.2) is 19.6 Å². The van der Waals surface area contributed by atoms with Gasteiger partial charge >= 0.3 is 0 Å². The lowest BCUT2D eigenvalue weighted by Crippen LogP contribution is -2.29. The summed E-state index contributed by atoms with van der Waals surface area (Å²) in [5.74, 6) is 1.97. The van der Waals surface area contributed by atoms with Crippen molar-refractivity contribution in [3.05, 3.63) is 12.8 Å². The molecule has 2 N–H and O–H groups in total. The van der Waals surface area contributed by atoms with Crippen LogP contribution < -0.4 is 10.6 Å². The lowest BCUT2D eigenvalue weighted by Gasteiger charge is -2.27. The average Bonchev–Trinajstić information content (AvgIpc) is 2.35. The van der Waals surface area contributed by atoms with Crippen LogP contribution in [0.25, 0.3) is 0 Å². The Hall–Kier alpha value is -0.500. The fourth-order valence-corrected chi connectivity index (χ4v) is 2.85. The molecule has 0 aromatic heterocycles. The number of hydrogen-bond acceptors (Lipinski definition) is 2. The molecule has 0 bridgehead atoms. The Bertz CT molecular complexity index is 195. The van der Waals surface area contributed by atoms with Gasteiger partial charge in [0, 0.05) is 12.6 Å². The Morgan fingerprint density at radius 3 is 2.53 bits per heavy atom. The first-order valence-electron chi connectivity index (χ1n) is 7.27. The first-order chi connectivity index (χ1) is 8.26. The van der Waals surface area contributed by atoms with Crippen LogP contribution in [-0.2, 0) is 0 Å². The summed E-state index contributed by atoms with van der Waals surface area (Å²) >= 11 is 0. The molecule has 0 aromatic carbocycles. The third kappa shape index (κ3) is 6.11. The van der Waals surface area contributed by atoms with E-state index in [9.17, 15) is 0 Å². The summed E-state index contributed by atoms with van der Waals surface area (Å²) in [5.41, 5.74) is 0. The van der Waals surface area contributed by atoms with Crippen molar-refractivity contribution in [1.82, 2.24) is 10.6 Å². The van der Waals surface area contributed by atoms with E-state index in [0.717, 1.165) is 18.4 Å². The van der Waals surface area contributed by atoms with Gasteiger partial charge in [-0.1, -0.05) is 39.2 Å². The van der Waals surface area contributed by atoms with Crippen LogP contribution in [0.4, 0.5) is 0 Å². The SMILES string of the molecule is C=CNCCC(CCC1CCC(C)CC1)NC. The molecule has 1 rings (SSSR count). The second-order valence-electron chi connectivity index (χ2n) is 5.64. The molecule has 0 heterocycles. The number of nitrogens with one attached hydrogen (secondary N) is 2. The van der Waals surface area contributed by atoms with Crippen LogP contribution in [0.1, 0.15) is 51.9 Å². The molecule has 0 saturated heterocycles. The minimum Gasteiger partial charge on any atom is -0.391 e. The Kier molecular flexibility index (Phi) is 7.34. The first kappa shape index (κ1) is 14.6. The van der Waals surface area contributed by atoms with Crippen LogP contribution in [0.2, 0.25) is 0 Å². The molecule has 1 aliphatic carbocycles. The monoisotopic (exact) mass is 238 g/mol. The van der Waals surface area contributed by atoms with E-state index in [4.69, 9.17) is 0 Å². The van der Waals surface area contributed by atoms with Crippen molar-refractivity contribution in [3.8, 4) is 0 Å². The largest absolute Gasteiger partial charge is 0.391 e. The molecule has 0 aliphatic heterocycles. The lowest BCUT2D eigenvalue weighted by molar-refractivity contribution is 0.263. The minimum absolute atomic E-state index is 0.668. The van der Waals surface area contributed by atoms with E-state index in [0.29, 0.717) is 6.04 Å². The summed E-state index contributed by atoms with van der Waals surface area (Å²) < 4.78 is 0. The third-order valence-electron chi connectivity index (χ3n) is 4.25. The van der Waals surface area contributed by atoms with Crippen LogP contribution in [0.5, 0.6) is 0 Å². The van der Waals surface area contributed by atoms with Gasteiger partial charge in [0.05, 0.1) is 0 Å². The zero-order valence-corrected chi connectivity index (χ0v) is 11.7. The molecule has 17 heavy (non-hydrogen) atoms. The van der Waals surface area contributed by atoms with Crippen molar-refractivity contribution in [2.75, 3.05) is 13.6 Å². The van der Waals surface area contributed by atoms with Gasteiger partial charge in [-0.05, 0) is 44.3 Å². The molecule has 0 spiro atoms. The summed E-state index contributed by atoms with van der Waals surface area (Å²) in [6, 6.07) is 0.668. The maximum Gasteiger partial charge on any atom is 0.0156 e. The zero-order valence-electron chi connectivity index (χ0n) is 11.7. The standard InChI is InChI=1S/C15H30N2/c1-4-17-12-11-15(16-3)10-9-14-7-5-13(2)6-8-14/h4,13-17H,1,5-12H2,2-3H3. The van der Waals surface area contributed by atoms with E-state index < -0.39 is 0 Å². The van der Waals surface area contributed by atoms with E-state index in [-0.39, 0.29) is 0 Å². The molecular formula is C15H30N2. The second-order valence-corrected chi connectivity index (χ2v) is 5.64. The van der Waals surface area contributed by atoms with Crippen LogP contribution in [0, 0.1) is 11.8 Å². The normalized spacial score (nSPS) is 26.5. The average molecular weight is 238 g/mol. The Morgan fingerprint density at radius 1 is 1.24 bits per heavy atom. The quantitative estimate of drug-likeness (QED) is 0.634. The molecule has 1 saturated carbocycles. The maximum absolute atomic E-state index is 3.68. The van der Waals surface area contributed by atoms with E-state index in [2.05, 4.69) is 31.2 Å². The molecule has 2 heteroatoms. The van der Waals surface area contributed by atoms with Crippen molar-refractivity contribution in [1.29, 1.82) is 0 Å². The Balaban J connectivity index is 2.11. The van der Waals surface area contributed by atoms with Gasteiger partial charge in [0.15, 0.2) is 0 Å². The molecule has 100 valence electrons. The Labute approximate surface area is 107 Å². The van der Waals surface area contributed by atoms with E-state index in [1.807, 2.05) is 0 Å². The summed E-state index contributed by atoms with van der Waals surface area (Å²) in [7, 11) is 2.08. The molecule has 1 fully saturated rings. The molecular weight excluding hydrogens is 208 g/mol. The topological polar surface area (TPSA) is 24.1 Å². The molecule has 1 aliphatic rings. The van der Waals surface area contributed by atoms with E-state index in [1.165, 1.54) is 44.9 Å². The van der Waals surface area contributed by atoms with Crippen molar-refractivity contribution in [2.45, 2.75) is 57.9 Å². The highest BCUT2D eigenvalue weighted by atomic mass is 14.9. The molecule has 0 radical (unpaired) electrons. The lowest BCUT2D eigenvalue weighted by atomic mass is 9.80. The molecule has 1 atom stereocenters. The maximum atomic E-state index is 3.68. The number of hydrogen-bond donors (Lipinski definition) is 2. The van der Waals surface area contributed by atoms with Crippen LogP contribution in [0.3, 0.4) is 0 Å². The smallest absolute Gasteiger partial charge is 0.0156 e. The third-order valence-corrected chi connectivity index (χ3v) is 4.25. The van der Waals surface area contributed by atoms with Gasteiger partial charge in [-0.25, -0.2) is 0 Å². The van der Waals surface area contributed by atoms with Gasteiger partial charge in [-0.2, -0.15) is 0 Å². The van der Waals surface area contributed by atoms with Crippen molar-refractivity contribution < 1.29 is 0 Å². The van der Waals surface area contributed by atoms with Gasteiger partial charge in [0.25, 0.3) is 0 Å². The van der Waals surface area contributed by atoms with E-state index in [1.54, 1.807) is 6.20 Å². The highest BCUT2D eigenvalue weighted by Gasteiger charge is 2.18. The zero-order chi connectivity index (χ0) is 12.5. The van der Waals surface area contributed by atoms with Crippen LogP contribution in [0.15, 0.2) is 12.8 Å². The predicted molar refractivity (Wildman–Crippen MR) is 76.0 cm³/mol. The molecule has 0 amide bonds. The fourth-order valence-electron chi connectivity index (χ4n) is 2.85.